The fraction of sp³-hybridized carbons (Fsp3) is 0.0833. The number of rotatable bonds is 2. The van der Waals surface area contributed by atoms with Crippen LogP contribution in [0.2, 0.25) is 0 Å². The molecular formula is C12H10NO2S. The molecule has 2 rings (SSSR count). The predicted octanol–water partition coefficient (Wildman–Crippen LogP) is 1.95. The van der Waals surface area contributed by atoms with Gasteiger partial charge in [-0.15, -0.1) is 0 Å². The SMILES string of the molecule is CS(=O)(=O)c1ccc(-c2[c]cncc2)cc1. The molecule has 1 heterocycles. The van der Waals surface area contributed by atoms with Crippen LogP contribution in [0.15, 0.2) is 47.6 Å². The van der Waals surface area contributed by atoms with Crippen LogP contribution in [0.3, 0.4) is 0 Å². The maximum Gasteiger partial charge on any atom is 0.175 e. The quantitative estimate of drug-likeness (QED) is 0.795. The summed E-state index contributed by atoms with van der Waals surface area (Å²) in [4.78, 5) is 4.20. The Morgan fingerprint density at radius 3 is 2.31 bits per heavy atom. The van der Waals surface area contributed by atoms with Crippen molar-refractivity contribution in [3.05, 3.63) is 48.8 Å². The van der Waals surface area contributed by atoms with Gasteiger partial charge < -0.3 is 0 Å². The van der Waals surface area contributed by atoms with E-state index in [1.807, 2.05) is 6.07 Å². The fourth-order valence-corrected chi connectivity index (χ4v) is 2.01. The molecule has 0 fully saturated rings. The van der Waals surface area contributed by atoms with E-state index in [2.05, 4.69) is 11.1 Å². The third-order valence-corrected chi connectivity index (χ3v) is 3.34. The van der Waals surface area contributed by atoms with Crippen molar-refractivity contribution in [1.29, 1.82) is 0 Å². The number of nitrogens with zero attached hydrogens (tertiary/aromatic N) is 1. The van der Waals surface area contributed by atoms with Crippen LogP contribution in [-0.4, -0.2) is 19.7 Å². The molecule has 0 spiro atoms. The predicted molar refractivity (Wildman–Crippen MR) is 61.6 cm³/mol. The van der Waals surface area contributed by atoms with Crippen LogP contribution in [-0.2, 0) is 9.84 Å². The first-order valence-electron chi connectivity index (χ1n) is 4.69. The van der Waals surface area contributed by atoms with Gasteiger partial charge in [-0.25, -0.2) is 8.42 Å². The minimum atomic E-state index is -3.12. The summed E-state index contributed by atoms with van der Waals surface area (Å²) in [5.74, 6) is 0. The van der Waals surface area contributed by atoms with Crippen molar-refractivity contribution < 1.29 is 8.42 Å². The molecule has 0 aliphatic carbocycles. The zero-order valence-corrected chi connectivity index (χ0v) is 9.53. The molecule has 0 saturated carbocycles. The molecule has 2 aromatic rings. The second-order valence-corrected chi connectivity index (χ2v) is 5.46. The summed E-state index contributed by atoms with van der Waals surface area (Å²) in [6, 6.07) is 11.5. The molecule has 0 bridgehead atoms. The zero-order valence-electron chi connectivity index (χ0n) is 8.71. The Labute approximate surface area is 94.7 Å². The highest BCUT2D eigenvalue weighted by Crippen LogP contribution is 2.19. The smallest absolute Gasteiger partial charge is 0.175 e. The maximum absolute atomic E-state index is 11.3. The average molecular weight is 232 g/mol. The lowest BCUT2D eigenvalue weighted by Gasteiger charge is -2.02. The Kier molecular flexibility index (Phi) is 2.75. The first-order chi connectivity index (χ1) is 7.57. The van der Waals surface area contributed by atoms with Gasteiger partial charge in [-0.2, -0.15) is 0 Å². The number of hydrogen-bond acceptors (Lipinski definition) is 3. The van der Waals surface area contributed by atoms with Gasteiger partial charge in [-0.3, -0.25) is 4.98 Å². The summed E-state index contributed by atoms with van der Waals surface area (Å²) in [6.45, 7) is 0. The standard InChI is InChI=1S/C12H10NO2S/c1-16(14,15)12-4-2-10(3-5-12)11-6-8-13-9-7-11/h2-6,8-9H,1H3. The largest absolute Gasteiger partial charge is 0.264 e. The number of hydrogen-bond donors (Lipinski definition) is 0. The minimum Gasteiger partial charge on any atom is -0.264 e. The minimum absolute atomic E-state index is 0.324. The lowest BCUT2D eigenvalue weighted by molar-refractivity contribution is 0.602. The van der Waals surface area contributed by atoms with E-state index in [0.29, 0.717) is 4.90 Å². The Balaban J connectivity index is 2.41. The molecule has 81 valence electrons. The Morgan fingerprint density at radius 1 is 1.12 bits per heavy atom. The fourth-order valence-electron chi connectivity index (χ4n) is 1.38. The molecule has 0 unspecified atom stereocenters. The van der Waals surface area contributed by atoms with E-state index in [4.69, 9.17) is 0 Å². The summed E-state index contributed by atoms with van der Waals surface area (Å²) < 4.78 is 22.5. The van der Waals surface area contributed by atoms with Crippen LogP contribution in [0.5, 0.6) is 0 Å². The van der Waals surface area contributed by atoms with Crippen molar-refractivity contribution in [1.82, 2.24) is 4.98 Å². The highest BCUT2D eigenvalue weighted by molar-refractivity contribution is 7.90. The van der Waals surface area contributed by atoms with Gasteiger partial charge in [0.2, 0.25) is 0 Å². The zero-order chi connectivity index (χ0) is 11.6. The molecule has 1 aromatic heterocycles. The lowest BCUT2D eigenvalue weighted by atomic mass is 10.1. The monoisotopic (exact) mass is 232 g/mol. The molecule has 0 amide bonds. The Hall–Kier alpha value is -1.68. The van der Waals surface area contributed by atoms with E-state index in [1.165, 1.54) is 6.26 Å². The van der Waals surface area contributed by atoms with Crippen molar-refractivity contribution in [2.45, 2.75) is 4.90 Å². The van der Waals surface area contributed by atoms with Gasteiger partial charge in [0.25, 0.3) is 0 Å². The summed E-state index contributed by atoms with van der Waals surface area (Å²) in [5, 5.41) is 0. The number of sulfone groups is 1. The third kappa shape index (κ3) is 2.28. The second-order valence-electron chi connectivity index (χ2n) is 3.45. The Bertz CT molecular complexity index is 574. The topological polar surface area (TPSA) is 47.0 Å². The van der Waals surface area contributed by atoms with Crippen LogP contribution in [0.4, 0.5) is 0 Å². The highest BCUT2D eigenvalue weighted by atomic mass is 32.2. The van der Waals surface area contributed by atoms with Crippen molar-refractivity contribution >= 4 is 9.84 Å². The van der Waals surface area contributed by atoms with E-state index >= 15 is 0 Å². The summed E-state index contributed by atoms with van der Waals surface area (Å²) in [7, 11) is -3.12. The molecule has 1 aromatic carbocycles. The van der Waals surface area contributed by atoms with Gasteiger partial charge in [-0.05, 0) is 29.3 Å². The van der Waals surface area contributed by atoms with Crippen molar-refractivity contribution in [2.75, 3.05) is 6.26 Å². The summed E-state index contributed by atoms with van der Waals surface area (Å²) in [6.07, 6.45) is 4.46. The van der Waals surface area contributed by atoms with E-state index in [-0.39, 0.29) is 0 Å². The third-order valence-electron chi connectivity index (χ3n) is 2.22. The highest BCUT2D eigenvalue weighted by Gasteiger charge is 2.06. The Morgan fingerprint density at radius 2 is 1.81 bits per heavy atom. The molecule has 1 radical (unpaired) electrons. The number of aromatic nitrogens is 1. The molecule has 4 heteroatoms. The molecule has 0 atom stereocenters. The molecule has 0 aliphatic rings. The lowest BCUT2D eigenvalue weighted by Crippen LogP contribution is -1.96. The van der Waals surface area contributed by atoms with Crippen molar-refractivity contribution in [3.8, 4) is 11.1 Å². The van der Waals surface area contributed by atoms with Crippen LogP contribution < -0.4 is 0 Å². The van der Waals surface area contributed by atoms with Gasteiger partial charge in [0.05, 0.1) is 4.90 Å². The van der Waals surface area contributed by atoms with Crippen molar-refractivity contribution in [2.24, 2.45) is 0 Å². The second kappa shape index (κ2) is 4.06. The molecule has 3 nitrogen and oxygen atoms in total. The van der Waals surface area contributed by atoms with Gasteiger partial charge in [-0.1, -0.05) is 12.1 Å². The van der Waals surface area contributed by atoms with Gasteiger partial charge in [0.15, 0.2) is 9.84 Å². The van der Waals surface area contributed by atoms with E-state index in [0.717, 1.165) is 11.1 Å². The first kappa shape index (κ1) is 10.8. The molecule has 0 N–H and O–H groups in total. The molecule has 0 saturated heterocycles. The first-order valence-corrected chi connectivity index (χ1v) is 6.59. The normalized spacial score (nSPS) is 11.3. The maximum atomic E-state index is 11.3. The molecule has 0 aliphatic heterocycles. The van der Waals surface area contributed by atoms with E-state index < -0.39 is 9.84 Å². The van der Waals surface area contributed by atoms with Crippen LogP contribution in [0.25, 0.3) is 11.1 Å². The van der Waals surface area contributed by atoms with Crippen LogP contribution >= 0.6 is 0 Å². The number of pyridine rings is 1. The number of benzene rings is 1. The average Bonchev–Trinajstić information content (AvgIpc) is 2.29. The summed E-state index contributed by atoms with van der Waals surface area (Å²) in [5.41, 5.74) is 1.82. The van der Waals surface area contributed by atoms with Crippen molar-refractivity contribution in [3.63, 3.8) is 0 Å². The summed E-state index contributed by atoms with van der Waals surface area (Å²) >= 11 is 0. The van der Waals surface area contributed by atoms with Gasteiger partial charge in [0.1, 0.15) is 0 Å². The van der Waals surface area contributed by atoms with E-state index in [9.17, 15) is 8.42 Å². The van der Waals surface area contributed by atoms with Gasteiger partial charge in [0, 0.05) is 24.7 Å². The van der Waals surface area contributed by atoms with Crippen LogP contribution in [0.1, 0.15) is 0 Å². The van der Waals surface area contributed by atoms with Gasteiger partial charge >= 0.3 is 0 Å². The molecule has 16 heavy (non-hydrogen) atoms. The van der Waals surface area contributed by atoms with Crippen LogP contribution in [0, 0.1) is 6.07 Å². The molecular weight excluding hydrogens is 222 g/mol. The van der Waals surface area contributed by atoms with E-state index in [1.54, 1.807) is 36.7 Å².